The maximum atomic E-state index is 12.7. The molecule has 160 valence electrons. The van der Waals surface area contributed by atoms with Gasteiger partial charge in [0, 0.05) is 41.9 Å². The van der Waals surface area contributed by atoms with Gasteiger partial charge in [0.2, 0.25) is 15.6 Å². The first-order chi connectivity index (χ1) is 14.9. The molecule has 0 aliphatic heterocycles. The van der Waals surface area contributed by atoms with Crippen LogP contribution in [0.2, 0.25) is 0 Å². The number of H-pyrrole nitrogens is 1. The molecule has 0 radical (unpaired) electrons. The molecule has 0 aliphatic rings. The normalized spacial score (nSPS) is 12.9. The smallest absolute Gasteiger partial charge is 0.248 e. The summed E-state index contributed by atoms with van der Waals surface area (Å²) in [6, 6.07) is 15.8. The van der Waals surface area contributed by atoms with E-state index in [1.165, 1.54) is 6.07 Å². The van der Waals surface area contributed by atoms with Crippen LogP contribution >= 0.6 is 0 Å². The van der Waals surface area contributed by atoms with Gasteiger partial charge in [-0.25, -0.2) is 13.1 Å². The lowest BCUT2D eigenvalue weighted by Crippen LogP contribution is -2.40. The first kappa shape index (κ1) is 21.2. The van der Waals surface area contributed by atoms with E-state index in [-0.39, 0.29) is 16.5 Å². The Balaban J connectivity index is 1.30. The van der Waals surface area contributed by atoms with Gasteiger partial charge < -0.3 is 10.3 Å². The number of aromatic nitrogens is 2. The molecule has 0 saturated heterocycles. The molecule has 3 N–H and O–H groups in total. The van der Waals surface area contributed by atoms with Gasteiger partial charge in [0.15, 0.2) is 0 Å². The highest BCUT2D eigenvalue weighted by molar-refractivity contribution is 7.89. The number of nitrogens with zero attached hydrogens (tertiary/aromatic N) is 1. The molecule has 2 heterocycles. The molecular weight excluding hydrogens is 412 g/mol. The van der Waals surface area contributed by atoms with E-state index in [0.717, 1.165) is 33.7 Å². The van der Waals surface area contributed by atoms with Crippen molar-refractivity contribution < 1.29 is 8.42 Å². The monoisotopic (exact) mass is 436 g/mol. The summed E-state index contributed by atoms with van der Waals surface area (Å²) in [4.78, 5) is 18.5. The van der Waals surface area contributed by atoms with Crippen molar-refractivity contribution in [1.29, 1.82) is 0 Å². The van der Waals surface area contributed by atoms with E-state index >= 15 is 0 Å². The van der Waals surface area contributed by atoms with Crippen LogP contribution in [0.1, 0.15) is 12.5 Å². The molecule has 1 atom stereocenters. The summed E-state index contributed by atoms with van der Waals surface area (Å²) in [6.45, 7) is 3.06. The third-order valence-corrected chi connectivity index (χ3v) is 6.69. The molecule has 0 fully saturated rings. The number of nitrogens with one attached hydrogen (secondary N) is 3. The first-order valence-electron chi connectivity index (χ1n) is 10.1. The van der Waals surface area contributed by atoms with Gasteiger partial charge in [-0.1, -0.05) is 12.1 Å². The molecule has 2 aromatic heterocycles. The summed E-state index contributed by atoms with van der Waals surface area (Å²) in [5, 5.41) is 6.03. The van der Waals surface area contributed by atoms with Crippen LogP contribution in [0.25, 0.3) is 21.7 Å². The molecule has 0 unspecified atom stereocenters. The average molecular weight is 437 g/mol. The highest BCUT2D eigenvalue weighted by atomic mass is 32.2. The van der Waals surface area contributed by atoms with Gasteiger partial charge in [0.1, 0.15) is 0 Å². The molecule has 4 aromatic rings. The Morgan fingerprint density at radius 3 is 2.71 bits per heavy atom. The van der Waals surface area contributed by atoms with Gasteiger partial charge in [-0.05, 0) is 72.6 Å². The van der Waals surface area contributed by atoms with E-state index in [9.17, 15) is 13.2 Å². The number of benzene rings is 2. The molecule has 0 spiro atoms. The number of hydrogen-bond donors (Lipinski definition) is 3. The quantitative estimate of drug-likeness (QED) is 0.368. The zero-order valence-electron chi connectivity index (χ0n) is 17.1. The second-order valence-electron chi connectivity index (χ2n) is 7.61. The summed E-state index contributed by atoms with van der Waals surface area (Å²) in [5.41, 5.74) is 1.85. The predicted molar refractivity (Wildman–Crippen MR) is 123 cm³/mol. The van der Waals surface area contributed by atoms with Crippen LogP contribution in [0.15, 0.2) is 76.7 Å². The molecule has 31 heavy (non-hydrogen) atoms. The lowest BCUT2D eigenvalue weighted by Gasteiger charge is -2.15. The van der Waals surface area contributed by atoms with Gasteiger partial charge >= 0.3 is 0 Å². The van der Waals surface area contributed by atoms with Crippen molar-refractivity contribution in [3.05, 3.63) is 82.9 Å². The highest BCUT2D eigenvalue weighted by Gasteiger charge is 2.17. The Morgan fingerprint density at radius 1 is 1.00 bits per heavy atom. The number of rotatable bonds is 8. The summed E-state index contributed by atoms with van der Waals surface area (Å²) < 4.78 is 28.1. The standard InChI is InChI=1S/C23H24N4O3S/c1-16(27-31(29,30)21-5-3-20-15-25-11-9-18(20)13-21)14-24-10-8-17-2-6-22-19(12-17)4-7-23(28)26-22/h2-7,9,11-13,15-16,24,27H,8,10,14H2,1H3,(H,26,28)/t16-/m1/s1. The number of hydrogen-bond acceptors (Lipinski definition) is 5. The maximum Gasteiger partial charge on any atom is 0.248 e. The lowest BCUT2D eigenvalue weighted by atomic mass is 10.1. The first-order valence-corrected chi connectivity index (χ1v) is 11.6. The van der Waals surface area contributed by atoms with Crippen LogP contribution in [0.5, 0.6) is 0 Å². The number of aromatic amines is 1. The molecule has 0 saturated carbocycles. The Morgan fingerprint density at radius 2 is 1.84 bits per heavy atom. The van der Waals surface area contributed by atoms with E-state index in [2.05, 4.69) is 20.0 Å². The van der Waals surface area contributed by atoms with E-state index < -0.39 is 10.0 Å². The van der Waals surface area contributed by atoms with Crippen LogP contribution in [0.3, 0.4) is 0 Å². The third kappa shape index (κ3) is 5.16. The summed E-state index contributed by atoms with van der Waals surface area (Å²) in [7, 11) is -3.61. The fraction of sp³-hybridized carbons (Fsp3) is 0.217. The Labute approximate surface area is 180 Å². The van der Waals surface area contributed by atoms with Crippen molar-refractivity contribution in [2.75, 3.05) is 13.1 Å². The van der Waals surface area contributed by atoms with Crippen LogP contribution < -0.4 is 15.6 Å². The number of pyridine rings is 2. The zero-order valence-corrected chi connectivity index (χ0v) is 17.9. The minimum Gasteiger partial charge on any atom is -0.322 e. The maximum absolute atomic E-state index is 12.7. The summed E-state index contributed by atoms with van der Waals surface area (Å²) >= 11 is 0. The molecule has 0 amide bonds. The number of sulfonamides is 1. The van der Waals surface area contributed by atoms with E-state index in [4.69, 9.17) is 0 Å². The van der Waals surface area contributed by atoms with Crippen LogP contribution in [0.4, 0.5) is 0 Å². The molecule has 2 aromatic carbocycles. The number of fused-ring (bicyclic) bond motifs is 2. The molecule has 4 rings (SSSR count). The van der Waals surface area contributed by atoms with E-state index in [0.29, 0.717) is 13.1 Å². The largest absolute Gasteiger partial charge is 0.322 e. The molecule has 0 bridgehead atoms. The fourth-order valence-electron chi connectivity index (χ4n) is 3.51. The lowest BCUT2D eigenvalue weighted by molar-refractivity contribution is 0.537. The second-order valence-corrected chi connectivity index (χ2v) is 9.32. The molecule has 8 heteroatoms. The van der Waals surface area contributed by atoms with Crippen molar-refractivity contribution in [3.8, 4) is 0 Å². The van der Waals surface area contributed by atoms with Gasteiger partial charge in [-0.3, -0.25) is 9.78 Å². The van der Waals surface area contributed by atoms with Crippen molar-refractivity contribution in [1.82, 2.24) is 20.0 Å². The minimum atomic E-state index is -3.61. The summed E-state index contributed by atoms with van der Waals surface area (Å²) in [6.07, 6.45) is 4.15. The van der Waals surface area contributed by atoms with Crippen LogP contribution in [-0.4, -0.2) is 37.5 Å². The third-order valence-electron chi connectivity index (χ3n) is 5.11. The molecular formula is C23H24N4O3S. The average Bonchev–Trinajstić information content (AvgIpc) is 2.76. The second kappa shape index (κ2) is 8.97. The van der Waals surface area contributed by atoms with Gasteiger partial charge in [0.05, 0.1) is 4.90 Å². The van der Waals surface area contributed by atoms with E-state index in [1.807, 2.05) is 31.2 Å². The van der Waals surface area contributed by atoms with Crippen molar-refractivity contribution in [3.63, 3.8) is 0 Å². The minimum absolute atomic E-state index is 0.112. The molecule has 0 aliphatic carbocycles. The van der Waals surface area contributed by atoms with Crippen molar-refractivity contribution >= 4 is 31.7 Å². The topological polar surface area (TPSA) is 104 Å². The van der Waals surface area contributed by atoms with Gasteiger partial charge in [0.25, 0.3) is 0 Å². The van der Waals surface area contributed by atoms with Crippen molar-refractivity contribution in [2.24, 2.45) is 0 Å². The molecule has 7 nitrogen and oxygen atoms in total. The van der Waals surface area contributed by atoms with Gasteiger partial charge in [-0.15, -0.1) is 0 Å². The van der Waals surface area contributed by atoms with Crippen LogP contribution in [0, 0.1) is 0 Å². The Kier molecular flexibility index (Phi) is 6.13. The Hall–Kier alpha value is -3.07. The SMILES string of the molecule is C[C@H](CNCCc1ccc2[nH]c(=O)ccc2c1)NS(=O)(=O)c1ccc2cnccc2c1. The highest BCUT2D eigenvalue weighted by Crippen LogP contribution is 2.18. The Bertz CT molecular complexity index is 1380. The summed E-state index contributed by atoms with van der Waals surface area (Å²) in [5.74, 6) is 0. The van der Waals surface area contributed by atoms with E-state index in [1.54, 1.807) is 36.7 Å². The van der Waals surface area contributed by atoms with Crippen molar-refractivity contribution in [2.45, 2.75) is 24.3 Å². The zero-order chi connectivity index (χ0) is 21.8. The van der Waals surface area contributed by atoms with Crippen LogP contribution in [-0.2, 0) is 16.4 Å². The fourth-order valence-corrected chi connectivity index (χ4v) is 4.79. The van der Waals surface area contributed by atoms with Gasteiger partial charge in [-0.2, -0.15) is 0 Å². The predicted octanol–water partition coefficient (Wildman–Crippen LogP) is 2.58.